The minimum absolute atomic E-state index is 0.557. The Bertz CT molecular complexity index is 268. The Labute approximate surface area is 81.0 Å². The van der Waals surface area contributed by atoms with Crippen LogP contribution in [0.25, 0.3) is 0 Å². The van der Waals surface area contributed by atoms with Gasteiger partial charge in [-0.3, -0.25) is 0 Å². The van der Waals surface area contributed by atoms with Crippen LogP contribution in [-0.2, 0) is 0 Å². The highest BCUT2D eigenvalue weighted by atomic mass is 14.5. The first-order valence-corrected chi connectivity index (χ1v) is 4.91. The van der Waals surface area contributed by atoms with Crippen LogP contribution in [0.4, 0.5) is 0 Å². The molecule has 13 heavy (non-hydrogen) atoms. The van der Waals surface area contributed by atoms with Gasteiger partial charge in [-0.05, 0) is 30.9 Å². The van der Waals surface area contributed by atoms with Crippen LogP contribution in [0, 0.1) is 12.8 Å². The van der Waals surface area contributed by atoms with E-state index in [-0.39, 0.29) is 0 Å². The maximum Gasteiger partial charge on any atom is -0.00458 e. The van der Waals surface area contributed by atoms with Crippen molar-refractivity contribution in [3.63, 3.8) is 0 Å². The van der Waals surface area contributed by atoms with E-state index in [9.17, 15) is 0 Å². The second kappa shape index (κ2) is 4.43. The Balaban J connectivity index is 2.82. The third kappa shape index (κ3) is 2.56. The van der Waals surface area contributed by atoms with Crippen LogP contribution < -0.4 is 5.73 Å². The van der Waals surface area contributed by atoms with E-state index in [0.29, 0.717) is 11.8 Å². The van der Waals surface area contributed by atoms with Gasteiger partial charge in [-0.15, -0.1) is 0 Å². The summed E-state index contributed by atoms with van der Waals surface area (Å²) in [6.07, 6.45) is 0. The Morgan fingerprint density at radius 3 is 2.54 bits per heavy atom. The first-order valence-electron chi connectivity index (χ1n) is 4.91. The number of hydrogen-bond donors (Lipinski definition) is 1. The van der Waals surface area contributed by atoms with Gasteiger partial charge in [-0.1, -0.05) is 43.7 Å². The Hall–Kier alpha value is -0.820. The molecule has 0 aliphatic heterocycles. The fourth-order valence-corrected chi connectivity index (χ4v) is 1.49. The molecule has 0 aliphatic carbocycles. The second-order valence-electron chi connectivity index (χ2n) is 3.92. The molecule has 0 amide bonds. The third-order valence-corrected chi connectivity index (χ3v) is 2.79. The fraction of sp³-hybridized carbons (Fsp3) is 0.500. The van der Waals surface area contributed by atoms with Crippen molar-refractivity contribution in [1.29, 1.82) is 0 Å². The molecule has 72 valence electrons. The maximum absolute atomic E-state index is 5.65. The highest BCUT2D eigenvalue weighted by Crippen LogP contribution is 2.23. The molecule has 0 bridgehead atoms. The summed E-state index contributed by atoms with van der Waals surface area (Å²) in [6, 6.07) is 8.67. The van der Waals surface area contributed by atoms with Crippen LogP contribution in [0.1, 0.15) is 30.9 Å². The molecule has 1 aromatic rings. The standard InChI is InChI=1S/C12H19N/c1-9-5-4-6-12(7-9)11(3)10(2)8-13/h4-7,10-11H,8,13H2,1-3H3. The van der Waals surface area contributed by atoms with Gasteiger partial charge in [-0.2, -0.15) is 0 Å². The quantitative estimate of drug-likeness (QED) is 0.754. The molecule has 0 saturated heterocycles. The summed E-state index contributed by atoms with van der Waals surface area (Å²) in [7, 11) is 0. The molecular formula is C12H19N. The van der Waals surface area contributed by atoms with Crippen molar-refractivity contribution in [2.24, 2.45) is 11.7 Å². The first kappa shape index (κ1) is 10.3. The predicted octanol–water partition coefficient (Wildman–Crippen LogP) is 2.69. The topological polar surface area (TPSA) is 26.0 Å². The molecule has 1 aromatic carbocycles. The number of aryl methyl sites for hydroxylation is 1. The average Bonchev–Trinajstić information content (AvgIpc) is 2.15. The van der Waals surface area contributed by atoms with E-state index in [1.807, 2.05) is 0 Å². The summed E-state index contributed by atoms with van der Waals surface area (Å²) < 4.78 is 0. The lowest BCUT2D eigenvalue weighted by Crippen LogP contribution is -2.17. The van der Waals surface area contributed by atoms with Crippen molar-refractivity contribution in [3.8, 4) is 0 Å². The molecule has 0 spiro atoms. The zero-order chi connectivity index (χ0) is 9.84. The van der Waals surface area contributed by atoms with Gasteiger partial charge in [0.25, 0.3) is 0 Å². The summed E-state index contributed by atoms with van der Waals surface area (Å²) in [5.41, 5.74) is 8.38. The average molecular weight is 177 g/mol. The summed E-state index contributed by atoms with van der Waals surface area (Å²) in [5.74, 6) is 1.12. The van der Waals surface area contributed by atoms with Gasteiger partial charge in [0, 0.05) is 0 Å². The van der Waals surface area contributed by atoms with Gasteiger partial charge in [0.05, 0.1) is 0 Å². The minimum atomic E-state index is 0.557. The lowest BCUT2D eigenvalue weighted by Gasteiger charge is -2.18. The molecule has 1 heteroatoms. The second-order valence-corrected chi connectivity index (χ2v) is 3.92. The van der Waals surface area contributed by atoms with Crippen molar-refractivity contribution >= 4 is 0 Å². The summed E-state index contributed by atoms with van der Waals surface area (Å²) in [4.78, 5) is 0. The van der Waals surface area contributed by atoms with Crippen molar-refractivity contribution in [2.45, 2.75) is 26.7 Å². The number of hydrogen-bond acceptors (Lipinski definition) is 1. The molecule has 2 unspecified atom stereocenters. The first-order chi connectivity index (χ1) is 6.15. The van der Waals surface area contributed by atoms with Crippen molar-refractivity contribution in [3.05, 3.63) is 35.4 Å². The van der Waals surface area contributed by atoms with Crippen LogP contribution >= 0.6 is 0 Å². The molecule has 0 radical (unpaired) electrons. The molecule has 0 saturated carbocycles. The Kier molecular flexibility index (Phi) is 3.49. The van der Waals surface area contributed by atoms with E-state index in [0.717, 1.165) is 6.54 Å². The van der Waals surface area contributed by atoms with Crippen molar-refractivity contribution < 1.29 is 0 Å². The predicted molar refractivity (Wildman–Crippen MR) is 57.8 cm³/mol. The van der Waals surface area contributed by atoms with E-state index >= 15 is 0 Å². The number of nitrogens with two attached hydrogens (primary N) is 1. The summed E-state index contributed by atoms with van der Waals surface area (Å²) in [5, 5.41) is 0. The van der Waals surface area contributed by atoms with E-state index in [1.54, 1.807) is 0 Å². The smallest absolute Gasteiger partial charge is 0.00458 e. The maximum atomic E-state index is 5.65. The molecule has 2 atom stereocenters. The summed E-state index contributed by atoms with van der Waals surface area (Å²) >= 11 is 0. The minimum Gasteiger partial charge on any atom is -0.330 e. The Morgan fingerprint density at radius 1 is 1.31 bits per heavy atom. The van der Waals surface area contributed by atoms with Gasteiger partial charge in [0.1, 0.15) is 0 Å². The van der Waals surface area contributed by atoms with Crippen LogP contribution in [0.3, 0.4) is 0 Å². The van der Waals surface area contributed by atoms with Crippen LogP contribution in [-0.4, -0.2) is 6.54 Å². The van der Waals surface area contributed by atoms with Gasteiger partial charge in [-0.25, -0.2) is 0 Å². The SMILES string of the molecule is Cc1cccc(C(C)C(C)CN)c1. The van der Waals surface area contributed by atoms with Gasteiger partial charge >= 0.3 is 0 Å². The van der Waals surface area contributed by atoms with Gasteiger partial charge in [0.15, 0.2) is 0 Å². The highest BCUT2D eigenvalue weighted by molar-refractivity contribution is 5.25. The summed E-state index contributed by atoms with van der Waals surface area (Å²) in [6.45, 7) is 7.33. The van der Waals surface area contributed by atoms with Gasteiger partial charge in [0.2, 0.25) is 0 Å². The number of benzene rings is 1. The van der Waals surface area contributed by atoms with Crippen LogP contribution in [0.15, 0.2) is 24.3 Å². The molecular weight excluding hydrogens is 158 g/mol. The van der Waals surface area contributed by atoms with E-state index in [2.05, 4.69) is 45.0 Å². The monoisotopic (exact) mass is 177 g/mol. The zero-order valence-corrected chi connectivity index (χ0v) is 8.75. The lowest BCUT2D eigenvalue weighted by atomic mass is 9.88. The van der Waals surface area contributed by atoms with Crippen LogP contribution in [0.5, 0.6) is 0 Å². The van der Waals surface area contributed by atoms with E-state index < -0.39 is 0 Å². The third-order valence-electron chi connectivity index (χ3n) is 2.79. The molecule has 0 heterocycles. The van der Waals surface area contributed by atoms with Crippen molar-refractivity contribution in [1.82, 2.24) is 0 Å². The van der Waals surface area contributed by atoms with Gasteiger partial charge < -0.3 is 5.73 Å². The molecule has 0 aromatic heterocycles. The van der Waals surface area contributed by atoms with E-state index in [1.165, 1.54) is 11.1 Å². The molecule has 1 nitrogen and oxygen atoms in total. The normalized spacial score (nSPS) is 15.4. The largest absolute Gasteiger partial charge is 0.330 e. The molecule has 0 aliphatic rings. The van der Waals surface area contributed by atoms with E-state index in [4.69, 9.17) is 5.73 Å². The molecule has 1 rings (SSSR count). The number of rotatable bonds is 3. The fourth-order valence-electron chi connectivity index (χ4n) is 1.49. The van der Waals surface area contributed by atoms with Crippen LogP contribution in [0.2, 0.25) is 0 Å². The Morgan fingerprint density at radius 2 is 2.00 bits per heavy atom. The molecule has 0 fully saturated rings. The molecule has 2 N–H and O–H groups in total. The zero-order valence-electron chi connectivity index (χ0n) is 8.75. The lowest BCUT2D eigenvalue weighted by molar-refractivity contribution is 0.499. The highest BCUT2D eigenvalue weighted by Gasteiger charge is 2.12. The van der Waals surface area contributed by atoms with Crippen molar-refractivity contribution in [2.75, 3.05) is 6.54 Å².